The van der Waals surface area contributed by atoms with Gasteiger partial charge in [-0.1, -0.05) is 62.9 Å². The molecule has 3 nitrogen and oxygen atoms in total. The quantitative estimate of drug-likeness (QED) is 0.516. The zero-order chi connectivity index (χ0) is 15.0. The van der Waals surface area contributed by atoms with E-state index in [9.17, 15) is 13.2 Å². The average molecular weight is 296 g/mol. The van der Waals surface area contributed by atoms with E-state index in [-0.39, 0.29) is 11.5 Å². The molecule has 0 heterocycles. The van der Waals surface area contributed by atoms with E-state index < -0.39 is 15.1 Å². The van der Waals surface area contributed by atoms with Crippen molar-refractivity contribution in [3.05, 3.63) is 35.9 Å². The van der Waals surface area contributed by atoms with Gasteiger partial charge in [0.05, 0.1) is 5.75 Å². The molecule has 0 fully saturated rings. The Morgan fingerprint density at radius 3 is 2.25 bits per heavy atom. The molecule has 0 aliphatic heterocycles. The lowest BCUT2D eigenvalue weighted by molar-refractivity contribution is 0.0991. The van der Waals surface area contributed by atoms with Gasteiger partial charge in [-0.3, -0.25) is 4.79 Å². The van der Waals surface area contributed by atoms with Crippen LogP contribution < -0.4 is 0 Å². The van der Waals surface area contributed by atoms with Crippen molar-refractivity contribution in [3.63, 3.8) is 0 Å². The van der Waals surface area contributed by atoms with Gasteiger partial charge in [0, 0.05) is 5.56 Å². The molecule has 0 saturated carbocycles. The van der Waals surface area contributed by atoms with Crippen molar-refractivity contribution in [2.45, 2.75) is 51.2 Å². The maximum Gasteiger partial charge on any atom is 0.180 e. The number of Topliss-reactive ketones (excluding diaryl/α,β-unsaturated/α-hetero) is 1. The monoisotopic (exact) mass is 296 g/mol. The lowest BCUT2D eigenvalue weighted by Crippen LogP contribution is -2.29. The van der Waals surface area contributed by atoms with E-state index in [1.807, 2.05) is 6.07 Å². The van der Waals surface area contributed by atoms with E-state index in [0.29, 0.717) is 12.0 Å². The first-order valence-corrected chi connectivity index (χ1v) is 9.01. The zero-order valence-electron chi connectivity index (χ0n) is 12.3. The van der Waals surface area contributed by atoms with Crippen LogP contribution in [-0.4, -0.2) is 25.2 Å². The Morgan fingerprint density at radius 2 is 1.65 bits per heavy atom. The molecule has 0 aromatic heterocycles. The topological polar surface area (TPSA) is 51.2 Å². The van der Waals surface area contributed by atoms with E-state index in [2.05, 4.69) is 6.92 Å². The summed E-state index contributed by atoms with van der Waals surface area (Å²) in [5, 5.41) is -0.948. The summed E-state index contributed by atoms with van der Waals surface area (Å²) in [5.41, 5.74) is 0.467. The number of benzene rings is 1. The Morgan fingerprint density at radius 1 is 1.05 bits per heavy atom. The number of hydrogen-bond acceptors (Lipinski definition) is 3. The van der Waals surface area contributed by atoms with Crippen LogP contribution in [0.2, 0.25) is 0 Å². The summed E-state index contributed by atoms with van der Waals surface area (Å²) < 4.78 is 24.3. The Hall–Kier alpha value is -1.16. The van der Waals surface area contributed by atoms with Crippen LogP contribution in [0.4, 0.5) is 0 Å². The van der Waals surface area contributed by atoms with Crippen LogP contribution in [0.5, 0.6) is 0 Å². The second kappa shape index (κ2) is 8.20. The van der Waals surface area contributed by atoms with Crippen molar-refractivity contribution >= 4 is 15.6 Å². The lowest BCUT2D eigenvalue weighted by Gasteiger charge is -2.12. The van der Waals surface area contributed by atoms with Crippen molar-refractivity contribution in [3.8, 4) is 0 Å². The predicted octanol–water partition coefficient (Wildman–Crippen LogP) is 3.64. The van der Waals surface area contributed by atoms with E-state index in [1.165, 1.54) is 6.92 Å². The van der Waals surface area contributed by atoms with Crippen LogP contribution in [0.3, 0.4) is 0 Å². The summed E-state index contributed by atoms with van der Waals surface area (Å²) in [5.74, 6) is -0.199. The van der Waals surface area contributed by atoms with Gasteiger partial charge in [0.15, 0.2) is 15.6 Å². The molecular formula is C16H24O3S. The maximum atomic E-state index is 12.2. The molecule has 1 atom stereocenters. The van der Waals surface area contributed by atoms with E-state index in [1.54, 1.807) is 24.3 Å². The number of carbonyl (C=O) groups is 1. The second-order valence-corrected chi connectivity index (χ2v) is 7.59. The fourth-order valence-electron chi connectivity index (χ4n) is 2.08. The highest BCUT2D eigenvalue weighted by molar-refractivity contribution is 7.92. The molecule has 0 amide bonds. The highest BCUT2D eigenvalue weighted by Gasteiger charge is 2.27. The van der Waals surface area contributed by atoms with Gasteiger partial charge < -0.3 is 0 Å². The van der Waals surface area contributed by atoms with Gasteiger partial charge in [-0.25, -0.2) is 8.42 Å². The molecule has 112 valence electrons. The van der Waals surface area contributed by atoms with E-state index in [4.69, 9.17) is 0 Å². The fourth-order valence-corrected chi connectivity index (χ4v) is 3.51. The molecule has 0 saturated heterocycles. The summed E-state index contributed by atoms with van der Waals surface area (Å²) in [6.07, 6.45) is 4.90. The molecule has 0 radical (unpaired) electrons. The molecule has 4 heteroatoms. The normalized spacial score (nSPS) is 13.1. The Balaban J connectivity index is 2.56. The highest BCUT2D eigenvalue weighted by atomic mass is 32.2. The minimum absolute atomic E-state index is 0.108. The van der Waals surface area contributed by atoms with Gasteiger partial charge >= 0.3 is 0 Å². The van der Waals surface area contributed by atoms with Gasteiger partial charge in [0.1, 0.15) is 5.25 Å². The number of unbranched alkanes of at least 4 members (excludes halogenated alkanes) is 4. The number of rotatable bonds is 9. The minimum Gasteiger partial charge on any atom is -0.293 e. The molecule has 1 aromatic rings. The smallest absolute Gasteiger partial charge is 0.180 e. The zero-order valence-corrected chi connectivity index (χ0v) is 13.2. The third-order valence-corrected chi connectivity index (χ3v) is 5.65. The molecule has 1 unspecified atom stereocenters. The third-order valence-electron chi connectivity index (χ3n) is 3.50. The second-order valence-electron chi connectivity index (χ2n) is 5.15. The summed E-state index contributed by atoms with van der Waals surface area (Å²) in [4.78, 5) is 12.1. The van der Waals surface area contributed by atoms with Crippen molar-refractivity contribution in [2.75, 3.05) is 5.75 Å². The number of hydrogen-bond donors (Lipinski definition) is 0. The van der Waals surface area contributed by atoms with Crippen molar-refractivity contribution in [1.29, 1.82) is 0 Å². The Kier molecular flexibility index (Phi) is 6.93. The third kappa shape index (κ3) is 5.08. The van der Waals surface area contributed by atoms with Crippen LogP contribution in [0.25, 0.3) is 0 Å². The predicted molar refractivity (Wildman–Crippen MR) is 82.8 cm³/mol. The molecule has 0 aliphatic carbocycles. The molecule has 1 rings (SSSR count). The first kappa shape index (κ1) is 16.9. The average Bonchev–Trinajstić information content (AvgIpc) is 2.46. The van der Waals surface area contributed by atoms with Gasteiger partial charge in [-0.05, 0) is 13.3 Å². The molecule has 0 aliphatic rings. The SMILES string of the molecule is CCCCCCCS(=O)(=O)C(C)C(=O)c1ccccc1. The van der Waals surface area contributed by atoms with Gasteiger partial charge in [-0.15, -0.1) is 0 Å². The van der Waals surface area contributed by atoms with Gasteiger partial charge in [-0.2, -0.15) is 0 Å². The first-order valence-electron chi connectivity index (χ1n) is 7.30. The molecule has 0 spiro atoms. The molecule has 0 N–H and O–H groups in total. The Bertz CT molecular complexity index is 506. The number of ketones is 1. The summed E-state index contributed by atoms with van der Waals surface area (Å²) in [6.45, 7) is 3.62. The number of carbonyl (C=O) groups excluding carboxylic acids is 1. The molecular weight excluding hydrogens is 272 g/mol. The van der Waals surface area contributed by atoms with Crippen molar-refractivity contribution in [2.24, 2.45) is 0 Å². The Labute approximate surface area is 122 Å². The summed E-state index contributed by atoms with van der Waals surface area (Å²) in [6, 6.07) is 8.63. The van der Waals surface area contributed by atoms with Crippen molar-refractivity contribution in [1.82, 2.24) is 0 Å². The van der Waals surface area contributed by atoms with Crippen LogP contribution >= 0.6 is 0 Å². The summed E-state index contributed by atoms with van der Waals surface area (Å²) >= 11 is 0. The maximum absolute atomic E-state index is 12.2. The van der Waals surface area contributed by atoms with Crippen LogP contribution in [0.1, 0.15) is 56.3 Å². The van der Waals surface area contributed by atoms with Crippen LogP contribution in [0, 0.1) is 0 Å². The molecule has 20 heavy (non-hydrogen) atoms. The van der Waals surface area contributed by atoms with Crippen molar-refractivity contribution < 1.29 is 13.2 Å². The molecule has 1 aromatic carbocycles. The highest BCUT2D eigenvalue weighted by Crippen LogP contribution is 2.13. The molecule has 0 bridgehead atoms. The standard InChI is InChI=1S/C16H24O3S/c1-3-4-5-6-10-13-20(18,19)14(2)16(17)15-11-8-7-9-12-15/h7-9,11-12,14H,3-6,10,13H2,1-2H3. The minimum atomic E-state index is -3.34. The van der Waals surface area contributed by atoms with Gasteiger partial charge in [0.2, 0.25) is 0 Å². The summed E-state index contributed by atoms with van der Waals surface area (Å²) in [7, 11) is -3.34. The number of sulfone groups is 1. The largest absolute Gasteiger partial charge is 0.293 e. The van der Waals surface area contributed by atoms with Crippen LogP contribution in [0.15, 0.2) is 30.3 Å². The van der Waals surface area contributed by atoms with E-state index in [0.717, 1.165) is 25.7 Å². The first-order chi connectivity index (χ1) is 9.49. The fraction of sp³-hybridized carbons (Fsp3) is 0.562. The van der Waals surface area contributed by atoms with E-state index >= 15 is 0 Å². The lowest BCUT2D eigenvalue weighted by atomic mass is 10.1. The van der Waals surface area contributed by atoms with Crippen LogP contribution in [-0.2, 0) is 9.84 Å². The van der Waals surface area contributed by atoms with Gasteiger partial charge in [0.25, 0.3) is 0 Å².